The highest BCUT2D eigenvalue weighted by molar-refractivity contribution is 6.00. The third-order valence-corrected chi connectivity index (χ3v) is 4.27. The van der Waals surface area contributed by atoms with Crippen LogP contribution in [0.3, 0.4) is 0 Å². The molecule has 0 bridgehead atoms. The van der Waals surface area contributed by atoms with Gasteiger partial charge in [0.25, 0.3) is 0 Å². The maximum Gasteiger partial charge on any atom is 0.170 e. The summed E-state index contributed by atoms with van der Waals surface area (Å²) in [6.45, 7) is 1.20. The summed E-state index contributed by atoms with van der Waals surface area (Å²) in [6, 6.07) is 9.76. The molecule has 4 rings (SSSR count). The van der Waals surface area contributed by atoms with Gasteiger partial charge < -0.3 is 24.6 Å². The van der Waals surface area contributed by atoms with Gasteiger partial charge >= 0.3 is 0 Å². The molecular weight excluding hydrogens is 326 g/mol. The van der Waals surface area contributed by atoms with Crippen LogP contribution in [0.5, 0.6) is 17.2 Å². The van der Waals surface area contributed by atoms with Crippen LogP contribution in [0.25, 0.3) is 0 Å². The van der Waals surface area contributed by atoms with Crippen LogP contribution < -0.4 is 19.4 Å². The first-order chi connectivity index (χ1) is 12.1. The summed E-state index contributed by atoms with van der Waals surface area (Å²) in [4.78, 5) is 12.4. The van der Waals surface area contributed by atoms with Crippen molar-refractivity contribution in [2.75, 3.05) is 18.4 Å². The van der Waals surface area contributed by atoms with Crippen LogP contribution >= 0.6 is 0 Å². The van der Waals surface area contributed by atoms with Gasteiger partial charge in [-0.15, -0.1) is 0 Å². The Labute approximate surface area is 143 Å². The largest absolute Gasteiger partial charge is 0.733 e. The number of benzene rings is 2. The van der Waals surface area contributed by atoms with Crippen LogP contribution in [-0.2, 0) is 0 Å². The van der Waals surface area contributed by atoms with E-state index < -0.39 is 6.10 Å². The summed E-state index contributed by atoms with van der Waals surface area (Å²) >= 11 is 0. The third-order valence-electron chi connectivity index (χ3n) is 4.27. The molecule has 2 aliphatic heterocycles. The van der Waals surface area contributed by atoms with Crippen molar-refractivity contribution in [3.8, 4) is 17.2 Å². The Morgan fingerprint density at radius 3 is 2.60 bits per heavy atom. The Bertz CT molecular complexity index is 819. The predicted octanol–water partition coefficient (Wildman–Crippen LogP) is 3.25. The average Bonchev–Trinajstić information content (AvgIpc) is 2.86. The molecule has 25 heavy (non-hydrogen) atoms. The van der Waals surface area contributed by atoms with Gasteiger partial charge in [0.1, 0.15) is 11.9 Å². The lowest BCUT2D eigenvalue weighted by Gasteiger charge is -2.28. The molecule has 1 N–H and O–H groups in total. The SMILES string of the molecule is O=C1CC(c2ccc3c(c2)OCCCO3)Oc2ccc(N([O-])O)cc21. The lowest BCUT2D eigenvalue weighted by Crippen LogP contribution is -2.21. The van der Waals surface area contributed by atoms with E-state index in [1.54, 1.807) is 0 Å². The fraction of sp³-hybridized carbons (Fsp3) is 0.278. The number of hydrogen-bond donors (Lipinski definition) is 1. The van der Waals surface area contributed by atoms with Gasteiger partial charge in [0.2, 0.25) is 0 Å². The highest BCUT2D eigenvalue weighted by Gasteiger charge is 2.29. The second-order valence-electron chi connectivity index (χ2n) is 5.94. The molecule has 0 spiro atoms. The fourth-order valence-corrected chi connectivity index (χ4v) is 3.00. The van der Waals surface area contributed by atoms with Crippen LogP contribution in [-0.4, -0.2) is 24.2 Å². The predicted molar refractivity (Wildman–Crippen MR) is 88.4 cm³/mol. The van der Waals surface area contributed by atoms with E-state index in [2.05, 4.69) is 0 Å². The number of rotatable bonds is 2. The summed E-state index contributed by atoms with van der Waals surface area (Å²) in [5.74, 6) is 1.57. The van der Waals surface area contributed by atoms with E-state index in [4.69, 9.17) is 19.4 Å². The molecule has 0 aromatic heterocycles. The smallest absolute Gasteiger partial charge is 0.170 e. The minimum atomic E-state index is -0.444. The molecule has 7 heteroatoms. The molecule has 2 aromatic carbocycles. The monoisotopic (exact) mass is 342 g/mol. The number of ether oxygens (including phenoxy) is 3. The molecule has 0 radical (unpaired) electrons. The van der Waals surface area contributed by atoms with E-state index in [0.29, 0.717) is 30.5 Å². The molecule has 130 valence electrons. The molecule has 1 atom stereocenters. The lowest BCUT2D eigenvalue weighted by atomic mass is 9.95. The van der Waals surface area contributed by atoms with Crippen LogP contribution in [0.4, 0.5) is 5.69 Å². The topological polar surface area (TPSA) is 91.3 Å². The molecule has 0 aliphatic carbocycles. The summed E-state index contributed by atoms with van der Waals surface area (Å²) in [5.41, 5.74) is 1.10. The van der Waals surface area contributed by atoms with Crippen molar-refractivity contribution >= 4 is 11.5 Å². The van der Waals surface area contributed by atoms with E-state index in [9.17, 15) is 10.0 Å². The fourth-order valence-electron chi connectivity index (χ4n) is 3.00. The maximum atomic E-state index is 12.4. The van der Waals surface area contributed by atoms with Crippen LogP contribution in [0.15, 0.2) is 36.4 Å². The second-order valence-corrected chi connectivity index (χ2v) is 5.94. The van der Waals surface area contributed by atoms with Crippen molar-refractivity contribution in [2.45, 2.75) is 18.9 Å². The molecule has 1 unspecified atom stereocenters. The van der Waals surface area contributed by atoms with Gasteiger partial charge in [-0.1, -0.05) is 6.07 Å². The molecule has 0 saturated carbocycles. The van der Waals surface area contributed by atoms with Crippen LogP contribution in [0.1, 0.15) is 34.9 Å². The van der Waals surface area contributed by atoms with Crippen LogP contribution in [0.2, 0.25) is 0 Å². The molecule has 2 heterocycles. The molecular formula is C18H16NO6-. The molecule has 0 fully saturated rings. The van der Waals surface area contributed by atoms with Crippen molar-refractivity contribution in [3.63, 3.8) is 0 Å². The Kier molecular flexibility index (Phi) is 3.95. The first-order valence-electron chi connectivity index (χ1n) is 8.01. The minimum absolute atomic E-state index is 0.00951. The molecule has 2 aliphatic rings. The van der Waals surface area contributed by atoms with E-state index in [1.165, 1.54) is 18.2 Å². The van der Waals surface area contributed by atoms with Gasteiger partial charge in [0, 0.05) is 6.42 Å². The highest BCUT2D eigenvalue weighted by Crippen LogP contribution is 2.39. The van der Waals surface area contributed by atoms with E-state index in [0.717, 1.165) is 12.0 Å². The second kappa shape index (κ2) is 6.27. The van der Waals surface area contributed by atoms with Crippen molar-refractivity contribution in [1.29, 1.82) is 0 Å². The number of carbonyl (C=O) groups is 1. The minimum Gasteiger partial charge on any atom is -0.733 e. The third kappa shape index (κ3) is 2.99. The van der Waals surface area contributed by atoms with Crippen molar-refractivity contribution in [2.24, 2.45) is 0 Å². The van der Waals surface area contributed by atoms with Crippen molar-refractivity contribution in [3.05, 3.63) is 52.7 Å². The standard InChI is InChI=1S/C18H16NO6/c20-14-10-17(25-15-5-3-12(19(21)22)9-13(14)15)11-2-4-16-18(8-11)24-7-1-6-23-16/h2-5,8-9,17,21H,1,6-7,10H2/q-1. The van der Waals surface area contributed by atoms with Crippen LogP contribution in [0, 0.1) is 5.21 Å². The zero-order chi connectivity index (χ0) is 17.4. The van der Waals surface area contributed by atoms with Gasteiger partial charge in [-0.3, -0.25) is 10.0 Å². The number of nitrogens with zero attached hydrogens (tertiary/aromatic N) is 1. The van der Waals surface area contributed by atoms with Gasteiger partial charge in [0.05, 0.1) is 30.9 Å². The zero-order valence-electron chi connectivity index (χ0n) is 13.3. The Hall–Kier alpha value is -2.77. The Morgan fingerprint density at radius 1 is 1.04 bits per heavy atom. The number of carbonyl (C=O) groups excluding carboxylic acids is 1. The summed E-state index contributed by atoms with van der Waals surface area (Å²) < 4.78 is 17.2. The zero-order valence-corrected chi connectivity index (χ0v) is 13.3. The first kappa shape index (κ1) is 15.7. The molecule has 0 saturated heterocycles. The van der Waals surface area contributed by atoms with Crippen molar-refractivity contribution < 1.29 is 24.2 Å². The van der Waals surface area contributed by atoms with Crippen molar-refractivity contribution in [1.82, 2.24) is 0 Å². The number of Topliss-reactive ketones (excluding diaryl/α,β-unsaturated/α-hetero) is 1. The highest BCUT2D eigenvalue weighted by atomic mass is 16.8. The normalized spacial score (nSPS) is 18.8. The summed E-state index contributed by atoms with van der Waals surface area (Å²) in [5, 5.41) is 19.7. The first-order valence-corrected chi connectivity index (χ1v) is 8.01. The number of fused-ring (bicyclic) bond motifs is 2. The van der Waals surface area contributed by atoms with Gasteiger partial charge in [-0.25, -0.2) is 0 Å². The quantitative estimate of drug-likeness (QED) is 0.838. The summed E-state index contributed by atoms with van der Waals surface area (Å²) in [7, 11) is 0. The van der Waals surface area contributed by atoms with E-state index in [1.807, 2.05) is 18.2 Å². The molecule has 0 amide bonds. The average molecular weight is 342 g/mol. The molecule has 7 nitrogen and oxygen atoms in total. The van der Waals surface area contributed by atoms with Gasteiger partial charge in [-0.05, 0) is 35.9 Å². The van der Waals surface area contributed by atoms with E-state index >= 15 is 0 Å². The number of anilines is 1. The Balaban J connectivity index is 1.63. The summed E-state index contributed by atoms with van der Waals surface area (Å²) in [6.07, 6.45) is 0.514. The van der Waals surface area contributed by atoms with E-state index in [-0.39, 0.29) is 28.7 Å². The Morgan fingerprint density at radius 2 is 1.80 bits per heavy atom. The maximum absolute atomic E-state index is 12.4. The van der Waals surface area contributed by atoms with Gasteiger partial charge in [-0.2, -0.15) is 0 Å². The number of ketones is 1. The lowest BCUT2D eigenvalue weighted by molar-refractivity contribution is 0.0849. The van der Waals surface area contributed by atoms with Gasteiger partial charge in [0.15, 0.2) is 17.3 Å². The number of hydrogen-bond acceptors (Lipinski definition) is 7. The molecule has 2 aromatic rings.